The number of aromatic hydroxyl groups is 1. The summed E-state index contributed by atoms with van der Waals surface area (Å²) in [6, 6.07) is 11.3. The van der Waals surface area contributed by atoms with Crippen LogP contribution in [0.2, 0.25) is 0 Å². The van der Waals surface area contributed by atoms with Gasteiger partial charge in [-0.05, 0) is 54.1 Å². The van der Waals surface area contributed by atoms with Crippen molar-refractivity contribution >= 4 is 29.0 Å². The molecule has 3 aliphatic carbocycles. The Labute approximate surface area is 237 Å². The fourth-order valence-electron chi connectivity index (χ4n) is 7.29. The largest absolute Gasteiger partial charge is 0.507 e. The number of fused-ring (bicyclic) bond motifs is 3. The van der Waals surface area contributed by atoms with Gasteiger partial charge in [0.05, 0.1) is 11.5 Å². The average molecular weight is 560 g/mol. The van der Waals surface area contributed by atoms with Crippen LogP contribution in [-0.2, 0) is 32.1 Å². The molecule has 2 aromatic rings. The Kier molecular flexibility index (Phi) is 6.67. The number of carbonyl (C=O) groups is 5. The smallest absolute Gasteiger partial charge is 0.235 e. The highest BCUT2D eigenvalue weighted by Gasteiger charge is 2.66. The Bertz CT molecular complexity index is 1480. The van der Waals surface area contributed by atoms with Crippen LogP contribution < -0.4 is 5.73 Å². The summed E-state index contributed by atoms with van der Waals surface area (Å²) >= 11 is 0. The fourth-order valence-corrected chi connectivity index (χ4v) is 7.29. The summed E-state index contributed by atoms with van der Waals surface area (Å²) in [5.41, 5.74) is 5.99. The molecule has 10 nitrogen and oxygen atoms in total. The van der Waals surface area contributed by atoms with Gasteiger partial charge in [-0.1, -0.05) is 30.3 Å². The molecule has 5 atom stereocenters. The number of ketones is 4. The molecule has 41 heavy (non-hydrogen) atoms. The Morgan fingerprint density at radius 2 is 1.66 bits per heavy atom. The van der Waals surface area contributed by atoms with Crippen LogP contribution >= 0.6 is 0 Å². The number of rotatable bonds is 4. The second-order valence-electron chi connectivity index (χ2n) is 12.0. The van der Waals surface area contributed by atoms with Crippen molar-refractivity contribution < 1.29 is 34.2 Å². The predicted molar refractivity (Wildman–Crippen MR) is 147 cm³/mol. The zero-order chi connectivity index (χ0) is 29.2. The number of phenols is 1. The SMILES string of the molecule is CN1CCN(Cc2ccc(-c3ccc(O)c4c3C[C@H]3C[C@H]5CC(=O)C(C(N)=O)C(=O)[C@@]5(O)C(=O)C3C4=O)cc2)CC1. The van der Waals surface area contributed by atoms with Crippen LogP contribution in [0.25, 0.3) is 11.1 Å². The van der Waals surface area contributed by atoms with E-state index in [1.165, 1.54) is 11.6 Å². The first-order chi connectivity index (χ1) is 19.5. The molecule has 4 aliphatic rings. The summed E-state index contributed by atoms with van der Waals surface area (Å²) in [4.78, 5) is 69.6. The van der Waals surface area contributed by atoms with Crippen LogP contribution in [0.1, 0.15) is 34.3 Å². The van der Waals surface area contributed by atoms with Crippen molar-refractivity contribution in [1.82, 2.24) is 9.80 Å². The third-order valence-electron chi connectivity index (χ3n) is 9.55. The van der Waals surface area contributed by atoms with Crippen molar-refractivity contribution in [2.45, 2.75) is 31.4 Å². The van der Waals surface area contributed by atoms with Gasteiger partial charge in [0, 0.05) is 45.1 Å². The minimum absolute atomic E-state index is 0.00597. The molecule has 6 rings (SSSR count). The zero-order valence-corrected chi connectivity index (χ0v) is 22.8. The number of Topliss-reactive ketones (excluding diaryl/α,β-unsaturated/α-hetero) is 4. The maximum atomic E-state index is 13.8. The highest BCUT2D eigenvalue weighted by molar-refractivity contribution is 6.31. The van der Waals surface area contributed by atoms with Gasteiger partial charge in [-0.3, -0.25) is 28.9 Å². The average Bonchev–Trinajstić information content (AvgIpc) is 2.92. The Hall–Kier alpha value is -3.73. The first-order valence-electron chi connectivity index (χ1n) is 14.0. The molecule has 0 aromatic heterocycles. The van der Waals surface area contributed by atoms with E-state index in [0.717, 1.165) is 43.9 Å². The van der Waals surface area contributed by atoms with Crippen LogP contribution in [0.5, 0.6) is 5.75 Å². The van der Waals surface area contributed by atoms with Crippen molar-refractivity contribution in [2.24, 2.45) is 29.4 Å². The van der Waals surface area contributed by atoms with Crippen molar-refractivity contribution in [1.29, 1.82) is 0 Å². The molecular formula is C31H33N3O7. The van der Waals surface area contributed by atoms with E-state index in [4.69, 9.17) is 5.73 Å². The highest BCUT2D eigenvalue weighted by Crippen LogP contribution is 2.51. The fraction of sp³-hybridized carbons (Fsp3) is 0.452. The molecule has 2 aromatic carbocycles. The zero-order valence-electron chi connectivity index (χ0n) is 22.8. The lowest BCUT2D eigenvalue weighted by Gasteiger charge is -2.48. The molecule has 2 saturated carbocycles. The number of primary amides is 1. The Morgan fingerprint density at radius 1 is 0.976 bits per heavy atom. The van der Waals surface area contributed by atoms with Crippen molar-refractivity contribution in [3.8, 4) is 16.9 Å². The highest BCUT2D eigenvalue weighted by atomic mass is 16.3. The number of hydrogen-bond acceptors (Lipinski definition) is 9. The van der Waals surface area contributed by atoms with Gasteiger partial charge in [0.25, 0.3) is 0 Å². The maximum absolute atomic E-state index is 13.8. The molecule has 3 fully saturated rings. The summed E-state index contributed by atoms with van der Waals surface area (Å²) < 4.78 is 0. The number of aliphatic hydroxyl groups is 1. The number of piperazine rings is 1. The summed E-state index contributed by atoms with van der Waals surface area (Å²) in [5.74, 6) is -10.1. The van der Waals surface area contributed by atoms with Gasteiger partial charge in [0.1, 0.15) is 5.75 Å². The van der Waals surface area contributed by atoms with Crippen LogP contribution in [0, 0.1) is 23.7 Å². The van der Waals surface area contributed by atoms with Gasteiger partial charge >= 0.3 is 0 Å². The van der Waals surface area contributed by atoms with Crippen LogP contribution in [0.4, 0.5) is 0 Å². The molecule has 0 bridgehead atoms. The lowest BCUT2D eigenvalue weighted by molar-refractivity contribution is -0.175. The lowest BCUT2D eigenvalue weighted by atomic mass is 9.53. The van der Waals surface area contributed by atoms with Crippen molar-refractivity contribution in [3.05, 3.63) is 53.1 Å². The summed E-state index contributed by atoms with van der Waals surface area (Å²) in [5, 5.41) is 22.1. The first-order valence-corrected chi connectivity index (χ1v) is 14.0. The van der Waals surface area contributed by atoms with Gasteiger partial charge < -0.3 is 20.8 Å². The molecule has 1 heterocycles. The second-order valence-corrected chi connectivity index (χ2v) is 12.0. The van der Waals surface area contributed by atoms with Crippen molar-refractivity contribution in [3.63, 3.8) is 0 Å². The van der Waals surface area contributed by atoms with E-state index < -0.39 is 58.3 Å². The molecular weight excluding hydrogens is 526 g/mol. The van der Waals surface area contributed by atoms with Gasteiger partial charge in [-0.15, -0.1) is 0 Å². The van der Waals surface area contributed by atoms with Crippen LogP contribution in [0.3, 0.4) is 0 Å². The third-order valence-corrected chi connectivity index (χ3v) is 9.55. The Morgan fingerprint density at radius 3 is 2.32 bits per heavy atom. The molecule has 4 N–H and O–H groups in total. The number of amides is 1. The summed E-state index contributed by atoms with van der Waals surface area (Å²) in [7, 11) is 2.12. The molecule has 214 valence electrons. The van der Waals surface area contributed by atoms with E-state index in [1.807, 2.05) is 12.1 Å². The lowest BCUT2D eigenvalue weighted by Crippen LogP contribution is -2.68. The minimum Gasteiger partial charge on any atom is -0.507 e. The standard InChI is InChI=1S/C31H33N3O7/c1-33-8-10-34(11-9-33)15-16-2-4-17(5-3-16)20-6-7-22(35)25-21(20)13-18-12-19-14-23(36)26(30(32)40)29(39)31(19,41)28(38)24(18)27(25)37/h2-7,18-19,24,26,35,41H,8-15H2,1H3,(H2,32,40)/t18-,19+,24?,26?,31+/m1/s1. The number of carbonyl (C=O) groups excluding carboxylic acids is 5. The number of nitrogens with zero attached hydrogens (tertiary/aromatic N) is 2. The molecule has 1 amide bonds. The molecule has 0 radical (unpaired) electrons. The molecule has 0 spiro atoms. The number of hydrogen-bond donors (Lipinski definition) is 3. The first kappa shape index (κ1) is 27.4. The van der Waals surface area contributed by atoms with E-state index in [9.17, 15) is 34.2 Å². The quantitative estimate of drug-likeness (QED) is 0.460. The molecule has 10 heteroatoms. The van der Waals surface area contributed by atoms with Crippen LogP contribution in [-0.4, -0.2) is 87.9 Å². The third kappa shape index (κ3) is 4.32. The molecule has 1 saturated heterocycles. The summed E-state index contributed by atoms with van der Waals surface area (Å²) in [6.45, 7) is 4.91. The van der Waals surface area contributed by atoms with Gasteiger partial charge in [-0.25, -0.2) is 0 Å². The predicted octanol–water partition coefficient (Wildman–Crippen LogP) is 0.741. The topological polar surface area (TPSA) is 158 Å². The van der Waals surface area contributed by atoms with Gasteiger partial charge in [-0.2, -0.15) is 0 Å². The van der Waals surface area contributed by atoms with Gasteiger partial charge in [0.2, 0.25) is 5.91 Å². The number of phenolic OH excluding ortho intramolecular Hbond substituents is 1. The van der Waals surface area contributed by atoms with E-state index in [0.29, 0.717) is 5.56 Å². The van der Waals surface area contributed by atoms with E-state index >= 15 is 0 Å². The van der Waals surface area contributed by atoms with E-state index in [-0.39, 0.29) is 30.6 Å². The maximum Gasteiger partial charge on any atom is 0.235 e. The monoisotopic (exact) mass is 559 g/mol. The second kappa shape index (κ2) is 9.97. The van der Waals surface area contributed by atoms with Crippen molar-refractivity contribution in [2.75, 3.05) is 33.2 Å². The number of likely N-dealkylation sites (N-methyl/N-ethyl adjacent to an activating group) is 1. The normalized spacial score (nSPS) is 30.5. The van der Waals surface area contributed by atoms with E-state index in [1.54, 1.807) is 6.07 Å². The minimum atomic E-state index is -2.64. The van der Waals surface area contributed by atoms with Gasteiger partial charge in [0.15, 0.2) is 34.7 Å². The Balaban J connectivity index is 1.31. The molecule has 1 aliphatic heterocycles. The number of nitrogens with two attached hydrogens (primary N) is 1. The van der Waals surface area contributed by atoms with Crippen LogP contribution in [0.15, 0.2) is 36.4 Å². The van der Waals surface area contributed by atoms with E-state index in [2.05, 4.69) is 29.0 Å². The molecule has 2 unspecified atom stereocenters. The number of benzene rings is 2. The summed E-state index contributed by atoms with van der Waals surface area (Å²) in [6.07, 6.45) is -0.0356.